The maximum atomic E-state index is 12.9. The van der Waals surface area contributed by atoms with E-state index in [0.717, 1.165) is 41.7 Å². The van der Waals surface area contributed by atoms with Gasteiger partial charge in [-0.05, 0) is 85.8 Å². The fourth-order valence-electron chi connectivity index (χ4n) is 2.79. The molecule has 0 N–H and O–H groups in total. The highest BCUT2D eigenvalue weighted by atomic mass is 19.1. The molecule has 0 radical (unpaired) electrons. The van der Waals surface area contributed by atoms with Gasteiger partial charge in [-0.2, -0.15) is 0 Å². The Morgan fingerprint density at radius 3 is 2.12 bits per heavy atom. The molecule has 1 aromatic heterocycles. The van der Waals surface area contributed by atoms with E-state index < -0.39 is 0 Å². The smallest absolute Gasteiger partial charge is 0.330 e. The number of unbranched alkanes of at least 4 members (excludes halogenated alkanes) is 2. The number of ether oxygens (including phenoxy) is 2. The number of hydrogen-bond donors (Lipinski definition) is 0. The molecule has 3 rings (SSSR count). The summed E-state index contributed by atoms with van der Waals surface area (Å²) in [5.41, 5.74) is 3.00. The van der Waals surface area contributed by atoms with Crippen LogP contribution in [0.2, 0.25) is 0 Å². The van der Waals surface area contributed by atoms with Gasteiger partial charge in [-0.25, -0.2) is 14.2 Å². The Morgan fingerprint density at radius 2 is 1.44 bits per heavy atom. The normalized spacial score (nSPS) is 9.68. The zero-order chi connectivity index (χ0) is 24.0. The number of carbonyl (C=O) groups excluding carboxylic acids is 1. The maximum Gasteiger partial charge on any atom is 0.330 e. The van der Waals surface area contributed by atoms with E-state index in [2.05, 4.69) is 35.2 Å². The quantitative estimate of drug-likeness (QED) is 0.201. The van der Waals surface area contributed by atoms with Crippen molar-refractivity contribution in [1.82, 2.24) is 4.98 Å². The molecule has 0 saturated carbocycles. The largest absolute Gasteiger partial charge is 0.494 e. The second-order valence-electron chi connectivity index (χ2n) is 7.24. The Hall–Kier alpha value is -4.35. The second kappa shape index (κ2) is 13.3. The Kier molecular flexibility index (Phi) is 9.47. The number of esters is 1. The molecule has 0 saturated heterocycles. The molecule has 0 fully saturated rings. The van der Waals surface area contributed by atoms with Gasteiger partial charge in [-0.3, -0.25) is 0 Å². The first-order chi connectivity index (χ1) is 16.6. The summed E-state index contributed by atoms with van der Waals surface area (Å²) in [6, 6.07) is 17.3. The highest BCUT2D eigenvalue weighted by Gasteiger charge is 1.98. The molecule has 0 aliphatic carbocycles. The molecule has 0 unspecified atom stereocenters. The molecule has 0 bridgehead atoms. The van der Waals surface area contributed by atoms with Gasteiger partial charge < -0.3 is 9.47 Å². The van der Waals surface area contributed by atoms with Crippen LogP contribution in [0.15, 0.2) is 79.5 Å². The van der Waals surface area contributed by atoms with Gasteiger partial charge in [0.25, 0.3) is 0 Å². The van der Waals surface area contributed by atoms with Gasteiger partial charge in [0, 0.05) is 29.0 Å². The number of halogens is 1. The predicted molar refractivity (Wildman–Crippen MR) is 130 cm³/mol. The first kappa shape index (κ1) is 24.3. The van der Waals surface area contributed by atoms with Crippen LogP contribution in [-0.2, 0) is 9.53 Å². The van der Waals surface area contributed by atoms with Crippen molar-refractivity contribution < 1.29 is 18.7 Å². The molecule has 3 aromatic rings. The SMILES string of the molecule is C=CC(=O)OCCCCCOc1ccc(C#Cc2ccc(C#Cc3ccc(F)cc3)nc2)cc1. The highest BCUT2D eigenvalue weighted by molar-refractivity contribution is 5.81. The third-order valence-corrected chi connectivity index (χ3v) is 4.62. The van der Waals surface area contributed by atoms with Crippen LogP contribution >= 0.6 is 0 Å². The Bertz CT molecular complexity index is 1210. The lowest BCUT2D eigenvalue weighted by molar-refractivity contribution is -0.137. The van der Waals surface area contributed by atoms with Crippen molar-refractivity contribution in [3.63, 3.8) is 0 Å². The Labute approximate surface area is 199 Å². The number of hydrogen-bond acceptors (Lipinski definition) is 4. The summed E-state index contributed by atoms with van der Waals surface area (Å²) in [5.74, 6) is 12.2. The number of rotatable bonds is 8. The summed E-state index contributed by atoms with van der Waals surface area (Å²) < 4.78 is 23.6. The molecule has 170 valence electrons. The molecule has 1 heterocycles. The topological polar surface area (TPSA) is 48.4 Å². The Morgan fingerprint density at radius 1 is 0.824 bits per heavy atom. The van der Waals surface area contributed by atoms with Gasteiger partial charge in [0.15, 0.2) is 0 Å². The Balaban J connectivity index is 1.43. The summed E-state index contributed by atoms with van der Waals surface area (Å²) in [4.78, 5) is 15.3. The molecule has 34 heavy (non-hydrogen) atoms. The minimum atomic E-state index is -0.388. The van der Waals surface area contributed by atoms with E-state index in [0.29, 0.717) is 18.9 Å². The fraction of sp³-hybridized carbons (Fsp3) is 0.172. The minimum absolute atomic E-state index is 0.286. The van der Waals surface area contributed by atoms with E-state index in [4.69, 9.17) is 9.47 Å². The van der Waals surface area contributed by atoms with Crippen molar-refractivity contribution in [1.29, 1.82) is 0 Å². The lowest BCUT2D eigenvalue weighted by Crippen LogP contribution is -2.03. The van der Waals surface area contributed by atoms with Gasteiger partial charge in [0.2, 0.25) is 0 Å². The molecular formula is C29H24FNO3. The average molecular weight is 454 g/mol. The molecular weight excluding hydrogens is 429 g/mol. The number of aromatic nitrogens is 1. The van der Waals surface area contributed by atoms with E-state index in [-0.39, 0.29) is 11.8 Å². The fourth-order valence-corrected chi connectivity index (χ4v) is 2.79. The van der Waals surface area contributed by atoms with Gasteiger partial charge in [0.1, 0.15) is 17.3 Å². The van der Waals surface area contributed by atoms with Crippen molar-refractivity contribution in [2.75, 3.05) is 13.2 Å². The van der Waals surface area contributed by atoms with Crippen molar-refractivity contribution in [3.8, 4) is 29.4 Å². The number of carbonyl (C=O) groups is 1. The summed E-state index contributed by atoms with van der Waals surface area (Å²) in [6.45, 7) is 4.36. The molecule has 2 aromatic carbocycles. The summed E-state index contributed by atoms with van der Waals surface area (Å²) in [6.07, 6.45) is 5.44. The van der Waals surface area contributed by atoms with E-state index in [1.807, 2.05) is 30.3 Å². The van der Waals surface area contributed by atoms with Crippen molar-refractivity contribution in [2.45, 2.75) is 19.3 Å². The second-order valence-corrected chi connectivity index (χ2v) is 7.24. The monoisotopic (exact) mass is 453 g/mol. The van der Waals surface area contributed by atoms with E-state index in [9.17, 15) is 9.18 Å². The lowest BCUT2D eigenvalue weighted by Gasteiger charge is -2.06. The molecule has 4 nitrogen and oxygen atoms in total. The van der Waals surface area contributed by atoms with Gasteiger partial charge in [-0.1, -0.05) is 24.3 Å². The van der Waals surface area contributed by atoms with E-state index >= 15 is 0 Å². The maximum absolute atomic E-state index is 12.9. The molecule has 0 aliphatic heterocycles. The summed E-state index contributed by atoms with van der Waals surface area (Å²) >= 11 is 0. The van der Waals surface area contributed by atoms with Crippen LogP contribution in [0.5, 0.6) is 5.75 Å². The van der Waals surface area contributed by atoms with E-state index in [1.165, 1.54) is 18.2 Å². The van der Waals surface area contributed by atoms with Crippen molar-refractivity contribution in [2.24, 2.45) is 0 Å². The van der Waals surface area contributed by atoms with Gasteiger partial charge in [-0.15, -0.1) is 0 Å². The molecule has 0 atom stereocenters. The van der Waals surface area contributed by atoms with Crippen LogP contribution in [0.25, 0.3) is 0 Å². The number of pyridine rings is 1. The standard InChI is InChI=1S/C29H24FNO3/c1-2-29(32)34-21-5-3-4-20-33-28-18-12-23(13-19-28)6-7-25-11-17-27(31-22-25)16-10-24-8-14-26(30)15-9-24/h2,8-9,11-15,17-19,22H,1,3-5,20-21H2. The number of nitrogens with zero attached hydrogens (tertiary/aromatic N) is 1. The summed E-state index contributed by atoms with van der Waals surface area (Å²) in [5, 5.41) is 0. The predicted octanol–water partition coefficient (Wildman–Crippen LogP) is 5.30. The first-order valence-corrected chi connectivity index (χ1v) is 10.9. The van der Waals surface area contributed by atoms with Gasteiger partial charge in [0.05, 0.1) is 13.2 Å². The number of benzene rings is 2. The molecule has 0 amide bonds. The third kappa shape index (κ3) is 8.65. The first-order valence-electron chi connectivity index (χ1n) is 10.9. The van der Waals surface area contributed by atoms with Crippen LogP contribution in [0.3, 0.4) is 0 Å². The highest BCUT2D eigenvalue weighted by Crippen LogP contribution is 2.12. The lowest BCUT2D eigenvalue weighted by atomic mass is 10.2. The third-order valence-electron chi connectivity index (χ3n) is 4.62. The van der Waals surface area contributed by atoms with Crippen LogP contribution in [0, 0.1) is 29.5 Å². The van der Waals surface area contributed by atoms with Crippen LogP contribution in [0.1, 0.15) is 41.6 Å². The van der Waals surface area contributed by atoms with Crippen LogP contribution < -0.4 is 4.74 Å². The van der Waals surface area contributed by atoms with Crippen LogP contribution in [0.4, 0.5) is 4.39 Å². The summed E-state index contributed by atoms with van der Waals surface area (Å²) in [7, 11) is 0. The molecule has 0 spiro atoms. The van der Waals surface area contributed by atoms with E-state index in [1.54, 1.807) is 24.4 Å². The van der Waals surface area contributed by atoms with Crippen molar-refractivity contribution >= 4 is 5.97 Å². The average Bonchev–Trinajstić information content (AvgIpc) is 2.87. The van der Waals surface area contributed by atoms with Gasteiger partial charge >= 0.3 is 5.97 Å². The zero-order valence-electron chi connectivity index (χ0n) is 18.7. The van der Waals surface area contributed by atoms with Crippen molar-refractivity contribution in [3.05, 3.63) is 108 Å². The molecule has 5 heteroatoms. The zero-order valence-corrected chi connectivity index (χ0v) is 18.7. The molecule has 0 aliphatic rings. The van der Waals surface area contributed by atoms with Crippen LogP contribution in [-0.4, -0.2) is 24.2 Å². The minimum Gasteiger partial charge on any atom is -0.494 e.